The van der Waals surface area contributed by atoms with Gasteiger partial charge in [-0.15, -0.1) is 22.7 Å². The number of ether oxygens (including phenoxy) is 1. The smallest absolute Gasteiger partial charge is 0.407 e. The molecule has 0 radical (unpaired) electrons. The highest BCUT2D eigenvalue weighted by Gasteiger charge is 2.27. The zero-order valence-electron chi connectivity index (χ0n) is 30.0. The Kier molecular flexibility index (Phi) is 17.5. The van der Waals surface area contributed by atoms with Crippen molar-refractivity contribution in [2.75, 3.05) is 33.3 Å². The van der Waals surface area contributed by atoms with E-state index in [-0.39, 0.29) is 37.2 Å². The van der Waals surface area contributed by atoms with Crippen LogP contribution in [0.2, 0.25) is 0 Å². The second-order valence-corrected chi connectivity index (χ2v) is 14.7. The predicted octanol–water partition coefficient (Wildman–Crippen LogP) is 5.25. The first-order chi connectivity index (χ1) is 25.3. The van der Waals surface area contributed by atoms with Crippen LogP contribution in [-0.2, 0) is 35.5 Å². The van der Waals surface area contributed by atoms with Crippen molar-refractivity contribution in [2.24, 2.45) is 0 Å². The van der Waals surface area contributed by atoms with Crippen LogP contribution in [0.4, 0.5) is 9.59 Å². The average Bonchev–Trinajstić information content (AvgIpc) is 3.87. The number of benzene rings is 2. The Labute approximate surface area is 314 Å². The largest absolute Gasteiger partial charge is 0.444 e. The topological polar surface area (TPSA) is 149 Å². The van der Waals surface area contributed by atoms with Gasteiger partial charge in [0.1, 0.15) is 12.6 Å². The van der Waals surface area contributed by atoms with Crippen molar-refractivity contribution in [2.45, 2.75) is 76.7 Å². The number of aliphatic hydroxyl groups is 1. The second kappa shape index (κ2) is 22.5. The first-order valence-corrected chi connectivity index (χ1v) is 19.5. The van der Waals surface area contributed by atoms with Crippen molar-refractivity contribution in [3.8, 4) is 0 Å². The summed E-state index contributed by atoms with van der Waals surface area (Å²) in [6.45, 7) is 4.38. The number of alkyl carbamates (subject to hydrolysis) is 1. The lowest BCUT2D eigenvalue weighted by Crippen LogP contribution is -2.53. The molecule has 0 spiro atoms. The molecule has 4 aromatic rings. The molecule has 0 aliphatic heterocycles. The molecule has 0 saturated heterocycles. The van der Waals surface area contributed by atoms with E-state index in [1.54, 1.807) is 35.4 Å². The SMILES string of the molecule is CCCN(CCO)CC[C@H](NC(=O)N(C)Cc1cncs1)C(=O)N[C@H](CC[C@H](Cc1ccccc1)NC(=O)OCc1cncs1)Cc1ccccc1. The van der Waals surface area contributed by atoms with Crippen molar-refractivity contribution in [1.82, 2.24) is 35.7 Å². The minimum Gasteiger partial charge on any atom is -0.444 e. The van der Waals surface area contributed by atoms with Gasteiger partial charge in [0.05, 0.1) is 29.0 Å². The van der Waals surface area contributed by atoms with Crippen molar-refractivity contribution in [3.63, 3.8) is 0 Å². The third-order valence-corrected chi connectivity index (χ3v) is 10.1. The molecule has 12 nitrogen and oxygen atoms in total. The number of thiazole rings is 2. The Morgan fingerprint density at radius 1 is 0.788 bits per heavy atom. The van der Waals surface area contributed by atoms with E-state index in [1.165, 1.54) is 22.7 Å². The van der Waals surface area contributed by atoms with Crippen LogP contribution in [0.3, 0.4) is 0 Å². The van der Waals surface area contributed by atoms with E-state index in [0.717, 1.165) is 33.8 Å². The van der Waals surface area contributed by atoms with Crippen LogP contribution in [0.1, 0.15) is 53.5 Å². The zero-order chi connectivity index (χ0) is 37.0. The number of aliphatic hydroxyl groups excluding tert-OH is 1. The first-order valence-electron chi connectivity index (χ1n) is 17.7. The van der Waals surface area contributed by atoms with Crippen molar-refractivity contribution in [3.05, 3.63) is 105 Å². The highest BCUT2D eigenvalue weighted by atomic mass is 32.1. The number of nitrogens with one attached hydrogen (secondary N) is 3. The van der Waals surface area contributed by atoms with Crippen LogP contribution >= 0.6 is 22.7 Å². The average molecular weight is 750 g/mol. The molecule has 3 atom stereocenters. The summed E-state index contributed by atoms with van der Waals surface area (Å²) in [4.78, 5) is 54.0. The Bertz CT molecular complexity index is 1570. The third kappa shape index (κ3) is 14.7. The van der Waals surface area contributed by atoms with Crippen LogP contribution in [0.5, 0.6) is 0 Å². The van der Waals surface area contributed by atoms with Gasteiger partial charge in [-0.25, -0.2) is 9.59 Å². The summed E-state index contributed by atoms with van der Waals surface area (Å²) in [6, 6.07) is 18.2. The lowest BCUT2D eigenvalue weighted by Gasteiger charge is -2.28. The van der Waals surface area contributed by atoms with Crippen LogP contribution < -0.4 is 16.0 Å². The molecule has 2 heterocycles. The molecule has 14 heteroatoms. The first kappa shape index (κ1) is 40.4. The molecule has 0 aliphatic rings. The molecule has 0 saturated carbocycles. The molecule has 4 N–H and O–H groups in total. The number of rotatable bonds is 22. The van der Waals surface area contributed by atoms with E-state index in [0.29, 0.717) is 51.7 Å². The zero-order valence-corrected chi connectivity index (χ0v) is 31.6. The third-order valence-electron chi connectivity index (χ3n) is 8.54. The summed E-state index contributed by atoms with van der Waals surface area (Å²) in [6.07, 6.45) is 6.45. The number of nitrogens with zero attached hydrogens (tertiary/aromatic N) is 4. The molecule has 280 valence electrons. The van der Waals surface area contributed by atoms with Gasteiger partial charge in [-0.2, -0.15) is 0 Å². The molecule has 4 rings (SSSR count). The highest BCUT2D eigenvalue weighted by Crippen LogP contribution is 2.15. The number of hydrogen-bond acceptors (Lipinski definition) is 10. The minimum atomic E-state index is -0.812. The maximum atomic E-state index is 14.1. The van der Waals surface area contributed by atoms with Gasteiger partial charge in [0, 0.05) is 49.5 Å². The van der Waals surface area contributed by atoms with Crippen molar-refractivity contribution < 1.29 is 24.2 Å². The van der Waals surface area contributed by atoms with Crippen LogP contribution in [0, 0.1) is 0 Å². The van der Waals surface area contributed by atoms with E-state index >= 15 is 0 Å². The normalized spacial score (nSPS) is 12.8. The molecular weight excluding hydrogens is 699 g/mol. The molecule has 52 heavy (non-hydrogen) atoms. The maximum absolute atomic E-state index is 14.1. The summed E-state index contributed by atoms with van der Waals surface area (Å²) < 4.78 is 5.51. The summed E-state index contributed by atoms with van der Waals surface area (Å²) in [5, 5.41) is 18.9. The summed E-state index contributed by atoms with van der Waals surface area (Å²) in [7, 11) is 1.69. The van der Waals surface area contributed by atoms with Gasteiger partial charge in [0.25, 0.3) is 0 Å². The Hall–Kier alpha value is -4.37. The molecule has 0 aliphatic carbocycles. The number of hydrogen-bond donors (Lipinski definition) is 4. The minimum absolute atomic E-state index is 0.0108. The quantitative estimate of drug-likeness (QED) is 0.0852. The fourth-order valence-corrected chi connectivity index (χ4v) is 7.02. The summed E-state index contributed by atoms with van der Waals surface area (Å²) >= 11 is 2.89. The standard InChI is InChI=1S/C38H51N7O5S2/c1-3-17-45(19-20-46)18-16-35(43-37(48)44(2)25-33-23-39-27-51-33)36(47)41-31(21-29-10-6-4-7-11-29)14-15-32(22-30-12-8-5-9-13-30)42-38(49)50-26-34-24-40-28-52-34/h4-13,23-24,27-28,31-32,35,46H,3,14-22,25-26H2,1-2H3,(H,41,47)(H,42,49)(H,43,48)/t31-,32-,35+/m1/s1. The van der Waals surface area contributed by atoms with E-state index < -0.39 is 12.1 Å². The second-order valence-electron chi connectivity index (χ2n) is 12.7. The van der Waals surface area contributed by atoms with Gasteiger partial charge < -0.3 is 35.6 Å². The fraction of sp³-hybridized carbons (Fsp3) is 0.447. The molecular formula is C38H51N7O5S2. The number of amides is 4. The number of urea groups is 1. The van der Waals surface area contributed by atoms with E-state index in [1.807, 2.05) is 60.7 Å². The Morgan fingerprint density at radius 2 is 1.38 bits per heavy atom. The Morgan fingerprint density at radius 3 is 1.94 bits per heavy atom. The molecule has 0 bridgehead atoms. The van der Waals surface area contributed by atoms with Crippen molar-refractivity contribution >= 4 is 40.7 Å². The van der Waals surface area contributed by atoms with E-state index in [9.17, 15) is 19.5 Å². The van der Waals surface area contributed by atoms with Crippen LogP contribution in [-0.4, -0.2) is 94.3 Å². The predicted molar refractivity (Wildman–Crippen MR) is 205 cm³/mol. The van der Waals surface area contributed by atoms with Crippen molar-refractivity contribution in [1.29, 1.82) is 0 Å². The van der Waals surface area contributed by atoms with Gasteiger partial charge in [0.2, 0.25) is 5.91 Å². The lowest BCUT2D eigenvalue weighted by molar-refractivity contribution is -0.124. The van der Waals surface area contributed by atoms with Crippen LogP contribution in [0.25, 0.3) is 0 Å². The van der Waals surface area contributed by atoms with E-state index in [2.05, 4.69) is 37.7 Å². The Balaban J connectivity index is 1.49. The van der Waals surface area contributed by atoms with Gasteiger partial charge in [0.15, 0.2) is 0 Å². The van der Waals surface area contributed by atoms with E-state index in [4.69, 9.17) is 4.74 Å². The lowest BCUT2D eigenvalue weighted by atomic mass is 9.95. The van der Waals surface area contributed by atoms with Gasteiger partial charge in [-0.1, -0.05) is 67.6 Å². The molecule has 0 unspecified atom stereocenters. The van der Waals surface area contributed by atoms with Gasteiger partial charge in [-0.3, -0.25) is 14.8 Å². The molecule has 0 fully saturated rings. The van der Waals surface area contributed by atoms with Crippen LogP contribution in [0.15, 0.2) is 84.1 Å². The number of carbonyl (C=O) groups is 3. The van der Waals surface area contributed by atoms with Gasteiger partial charge >= 0.3 is 12.1 Å². The molecule has 4 amide bonds. The monoisotopic (exact) mass is 749 g/mol. The molecule has 2 aromatic heterocycles. The summed E-state index contributed by atoms with van der Waals surface area (Å²) in [5.74, 6) is -0.280. The number of carbonyl (C=O) groups excluding carboxylic acids is 3. The highest BCUT2D eigenvalue weighted by molar-refractivity contribution is 7.09. The molecule has 2 aromatic carbocycles. The van der Waals surface area contributed by atoms with Gasteiger partial charge in [-0.05, 0) is 56.2 Å². The fourth-order valence-electron chi connectivity index (χ4n) is 5.87. The maximum Gasteiger partial charge on any atom is 0.407 e. The number of aromatic nitrogens is 2. The summed E-state index contributed by atoms with van der Waals surface area (Å²) in [5.41, 5.74) is 5.55.